The van der Waals surface area contributed by atoms with Gasteiger partial charge >= 0.3 is 12.0 Å². The molecule has 1 fully saturated rings. The van der Waals surface area contributed by atoms with Crippen LogP contribution in [0, 0.1) is 5.92 Å². The molecule has 0 bridgehead atoms. The average Bonchev–Trinajstić information content (AvgIpc) is 2.36. The predicted octanol–water partition coefficient (Wildman–Crippen LogP) is 1.22. The van der Waals surface area contributed by atoms with Gasteiger partial charge in [-0.25, -0.2) is 4.79 Å². The standard InChI is InChI=1S/C14H27N3O3/c1-11(2)17(8-6-13(18)19)14(20)15-9-12-5-4-7-16(3)10-12/h11-12H,4-10H2,1-3H3,(H,15,20)(H,18,19). The van der Waals surface area contributed by atoms with Crippen molar-refractivity contribution in [3.63, 3.8) is 0 Å². The number of hydrogen-bond donors (Lipinski definition) is 2. The average molecular weight is 285 g/mol. The molecular weight excluding hydrogens is 258 g/mol. The quantitative estimate of drug-likeness (QED) is 0.769. The molecule has 20 heavy (non-hydrogen) atoms. The summed E-state index contributed by atoms with van der Waals surface area (Å²) in [7, 11) is 2.10. The van der Waals surface area contributed by atoms with Gasteiger partial charge in [0.2, 0.25) is 0 Å². The van der Waals surface area contributed by atoms with Crippen LogP contribution in [-0.4, -0.2) is 66.2 Å². The highest BCUT2D eigenvalue weighted by molar-refractivity contribution is 5.75. The molecule has 0 saturated carbocycles. The highest BCUT2D eigenvalue weighted by atomic mass is 16.4. The summed E-state index contributed by atoms with van der Waals surface area (Å²) < 4.78 is 0. The zero-order valence-corrected chi connectivity index (χ0v) is 12.8. The van der Waals surface area contributed by atoms with Crippen LogP contribution in [0.4, 0.5) is 4.79 Å². The molecule has 1 unspecified atom stereocenters. The number of carboxylic acids is 1. The van der Waals surface area contributed by atoms with E-state index in [1.54, 1.807) is 4.90 Å². The molecule has 6 nitrogen and oxygen atoms in total. The van der Waals surface area contributed by atoms with Gasteiger partial charge in [-0.15, -0.1) is 0 Å². The van der Waals surface area contributed by atoms with Crippen molar-refractivity contribution >= 4 is 12.0 Å². The molecule has 1 aliphatic rings. The lowest BCUT2D eigenvalue weighted by Crippen LogP contribution is -2.47. The van der Waals surface area contributed by atoms with Gasteiger partial charge in [-0.2, -0.15) is 0 Å². The molecule has 1 atom stereocenters. The van der Waals surface area contributed by atoms with Crippen LogP contribution in [0.2, 0.25) is 0 Å². The minimum Gasteiger partial charge on any atom is -0.481 e. The number of carbonyl (C=O) groups is 2. The van der Waals surface area contributed by atoms with Crippen LogP contribution >= 0.6 is 0 Å². The topological polar surface area (TPSA) is 72.9 Å². The van der Waals surface area contributed by atoms with Crippen LogP contribution < -0.4 is 5.32 Å². The predicted molar refractivity (Wildman–Crippen MR) is 77.7 cm³/mol. The first-order chi connectivity index (χ1) is 9.40. The van der Waals surface area contributed by atoms with Crippen molar-refractivity contribution in [3.05, 3.63) is 0 Å². The third kappa shape index (κ3) is 5.77. The monoisotopic (exact) mass is 285 g/mol. The van der Waals surface area contributed by atoms with E-state index in [0.717, 1.165) is 19.5 Å². The number of piperidine rings is 1. The van der Waals surface area contributed by atoms with E-state index in [-0.39, 0.29) is 25.0 Å². The van der Waals surface area contributed by atoms with Gasteiger partial charge in [0.25, 0.3) is 0 Å². The Balaban J connectivity index is 2.39. The summed E-state index contributed by atoms with van der Waals surface area (Å²) in [5.74, 6) is -0.386. The molecule has 0 spiro atoms. The Labute approximate surface area is 121 Å². The van der Waals surface area contributed by atoms with Gasteiger partial charge < -0.3 is 20.2 Å². The second kappa shape index (κ2) is 8.09. The van der Waals surface area contributed by atoms with Gasteiger partial charge in [-0.05, 0) is 46.2 Å². The van der Waals surface area contributed by atoms with Gasteiger partial charge in [0, 0.05) is 25.7 Å². The first kappa shape index (κ1) is 16.8. The number of carbonyl (C=O) groups excluding carboxylic acids is 1. The highest BCUT2D eigenvalue weighted by Gasteiger charge is 2.21. The van der Waals surface area contributed by atoms with E-state index in [0.29, 0.717) is 12.5 Å². The lowest BCUT2D eigenvalue weighted by Gasteiger charge is -2.31. The van der Waals surface area contributed by atoms with Crippen molar-refractivity contribution in [1.82, 2.24) is 15.1 Å². The Hall–Kier alpha value is -1.30. The Bertz CT molecular complexity index is 334. The molecule has 2 amide bonds. The zero-order chi connectivity index (χ0) is 15.1. The first-order valence-corrected chi connectivity index (χ1v) is 7.35. The molecule has 0 aromatic heterocycles. The first-order valence-electron chi connectivity index (χ1n) is 7.35. The minimum atomic E-state index is -0.877. The molecule has 0 aromatic carbocycles. The fourth-order valence-corrected chi connectivity index (χ4v) is 2.58. The van der Waals surface area contributed by atoms with E-state index in [4.69, 9.17) is 5.11 Å². The number of hydrogen-bond acceptors (Lipinski definition) is 3. The maximum absolute atomic E-state index is 12.1. The minimum absolute atomic E-state index is 0.00313. The third-order valence-corrected chi connectivity index (χ3v) is 3.71. The Kier molecular flexibility index (Phi) is 6.78. The number of likely N-dealkylation sites (tertiary alicyclic amines) is 1. The van der Waals surface area contributed by atoms with Crippen LogP contribution in [0.1, 0.15) is 33.1 Å². The normalized spacial score (nSPS) is 19.9. The molecule has 1 heterocycles. The number of nitrogens with one attached hydrogen (secondary N) is 1. The van der Waals surface area contributed by atoms with Crippen molar-refractivity contribution in [2.75, 3.05) is 33.2 Å². The lowest BCUT2D eigenvalue weighted by atomic mass is 9.98. The van der Waals surface area contributed by atoms with E-state index >= 15 is 0 Å². The van der Waals surface area contributed by atoms with Crippen molar-refractivity contribution in [3.8, 4) is 0 Å². The van der Waals surface area contributed by atoms with Crippen LogP contribution in [0.5, 0.6) is 0 Å². The Morgan fingerprint density at radius 3 is 2.70 bits per heavy atom. The number of amides is 2. The van der Waals surface area contributed by atoms with Gasteiger partial charge in [0.05, 0.1) is 6.42 Å². The molecular formula is C14H27N3O3. The van der Waals surface area contributed by atoms with Crippen molar-refractivity contribution in [2.45, 2.75) is 39.2 Å². The summed E-state index contributed by atoms with van der Waals surface area (Å²) in [6.07, 6.45) is 2.29. The summed E-state index contributed by atoms with van der Waals surface area (Å²) in [6.45, 7) is 6.85. The molecule has 0 aromatic rings. The third-order valence-electron chi connectivity index (χ3n) is 3.71. The molecule has 1 rings (SSSR count). The summed E-state index contributed by atoms with van der Waals surface area (Å²) >= 11 is 0. The fourth-order valence-electron chi connectivity index (χ4n) is 2.58. The largest absolute Gasteiger partial charge is 0.481 e. The van der Waals surface area contributed by atoms with E-state index in [2.05, 4.69) is 17.3 Å². The van der Waals surface area contributed by atoms with Crippen molar-refractivity contribution in [2.24, 2.45) is 5.92 Å². The van der Waals surface area contributed by atoms with Gasteiger partial charge in [-0.1, -0.05) is 0 Å². The Morgan fingerprint density at radius 2 is 2.15 bits per heavy atom. The van der Waals surface area contributed by atoms with Gasteiger partial charge in [-0.3, -0.25) is 4.79 Å². The lowest BCUT2D eigenvalue weighted by molar-refractivity contribution is -0.137. The molecule has 0 aliphatic carbocycles. The molecule has 0 radical (unpaired) electrons. The summed E-state index contributed by atoms with van der Waals surface area (Å²) in [4.78, 5) is 26.6. The van der Waals surface area contributed by atoms with Gasteiger partial charge in [0.15, 0.2) is 0 Å². The molecule has 2 N–H and O–H groups in total. The summed E-state index contributed by atoms with van der Waals surface area (Å²) in [6, 6.07) is -0.155. The zero-order valence-electron chi connectivity index (χ0n) is 12.8. The smallest absolute Gasteiger partial charge is 0.317 e. The van der Waals surface area contributed by atoms with Crippen LogP contribution in [-0.2, 0) is 4.79 Å². The van der Waals surface area contributed by atoms with E-state index in [1.165, 1.54) is 6.42 Å². The van der Waals surface area contributed by atoms with Crippen molar-refractivity contribution < 1.29 is 14.7 Å². The highest BCUT2D eigenvalue weighted by Crippen LogP contribution is 2.14. The molecule has 6 heteroatoms. The number of rotatable bonds is 6. The molecule has 116 valence electrons. The number of nitrogens with zero attached hydrogens (tertiary/aromatic N) is 2. The molecule has 1 aliphatic heterocycles. The fraction of sp³-hybridized carbons (Fsp3) is 0.857. The summed E-state index contributed by atoms with van der Waals surface area (Å²) in [5.41, 5.74) is 0. The number of aliphatic carboxylic acids is 1. The van der Waals surface area contributed by atoms with E-state index in [9.17, 15) is 9.59 Å². The molecule has 1 saturated heterocycles. The van der Waals surface area contributed by atoms with Crippen LogP contribution in [0.3, 0.4) is 0 Å². The number of urea groups is 1. The number of carboxylic acid groups (broad SMARTS) is 1. The van der Waals surface area contributed by atoms with Crippen LogP contribution in [0.25, 0.3) is 0 Å². The van der Waals surface area contributed by atoms with Crippen LogP contribution in [0.15, 0.2) is 0 Å². The maximum atomic E-state index is 12.1. The van der Waals surface area contributed by atoms with E-state index in [1.807, 2.05) is 13.8 Å². The Morgan fingerprint density at radius 1 is 1.45 bits per heavy atom. The van der Waals surface area contributed by atoms with E-state index < -0.39 is 5.97 Å². The maximum Gasteiger partial charge on any atom is 0.317 e. The second-order valence-corrected chi connectivity index (χ2v) is 5.89. The SMILES string of the molecule is CC(C)N(CCC(=O)O)C(=O)NCC1CCCN(C)C1. The van der Waals surface area contributed by atoms with Gasteiger partial charge in [0.1, 0.15) is 0 Å². The summed E-state index contributed by atoms with van der Waals surface area (Å²) in [5, 5.41) is 11.7. The second-order valence-electron chi connectivity index (χ2n) is 5.89. The van der Waals surface area contributed by atoms with Crippen molar-refractivity contribution in [1.29, 1.82) is 0 Å².